The fourth-order valence-electron chi connectivity index (χ4n) is 5.08. The first-order valence-corrected chi connectivity index (χ1v) is 10.8. The van der Waals surface area contributed by atoms with Crippen molar-refractivity contribution in [2.45, 2.75) is 45.4 Å². The average Bonchev–Trinajstić information content (AvgIpc) is 3.04. The highest BCUT2D eigenvalue weighted by atomic mass is 15.2. The molecule has 0 bridgehead atoms. The molecule has 2 heteroatoms. The van der Waals surface area contributed by atoms with Crippen LogP contribution in [-0.4, -0.2) is 24.4 Å². The van der Waals surface area contributed by atoms with Crippen molar-refractivity contribution < 1.29 is 4.58 Å². The molecule has 2 aliphatic heterocycles. The molecule has 30 heavy (non-hydrogen) atoms. The molecule has 0 atom stereocenters. The van der Waals surface area contributed by atoms with E-state index in [1.54, 1.807) is 0 Å². The first kappa shape index (κ1) is 20.4. The van der Waals surface area contributed by atoms with Gasteiger partial charge < -0.3 is 4.90 Å². The van der Waals surface area contributed by atoms with Crippen LogP contribution in [0.5, 0.6) is 0 Å². The zero-order valence-electron chi connectivity index (χ0n) is 19.3. The number of likely N-dealkylation sites (N-methyl/N-ethyl adjacent to an activating group) is 1. The van der Waals surface area contributed by atoms with Crippen LogP contribution in [0.15, 0.2) is 84.1 Å². The van der Waals surface area contributed by atoms with Crippen LogP contribution < -0.4 is 4.90 Å². The molecule has 2 aliphatic rings. The Morgan fingerprint density at radius 3 is 2.20 bits per heavy atom. The molecule has 154 valence electrons. The SMILES string of the molecule is CC(/C=C/C1=[N+](C)c2ccccc2C1(C)C)=C\C=C1/N(C)c2ccccc2C1(C)C. The number of anilines is 1. The van der Waals surface area contributed by atoms with Gasteiger partial charge in [0.05, 0.1) is 5.41 Å². The summed E-state index contributed by atoms with van der Waals surface area (Å²) < 4.78 is 2.32. The van der Waals surface area contributed by atoms with Crippen LogP contribution in [0.2, 0.25) is 0 Å². The smallest absolute Gasteiger partial charge is 0.209 e. The van der Waals surface area contributed by atoms with E-state index in [1.165, 1.54) is 39.5 Å². The molecule has 0 aliphatic carbocycles. The van der Waals surface area contributed by atoms with Crippen molar-refractivity contribution in [1.82, 2.24) is 0 Å². The molecular weight excluding hydrogens is 364 g/mol. The van der Waals surface area contributed by atoms with Gasteiger partial charge in [0.2, 0.25) is 5.69 Å². The van der Waals surface area contributed by atoms with E-state index in [-0.39, 0.29) is 10.8 Å². The Labute approximate surface area is 181 Å². The Balaban J connectivity index is 1.62. The number of allylic oxidation sites excluding steroid dienone is 6. The summed E-state index contributed by atoms with van der Waals surface area (Å²) in [6.45, 7) is 11.4. The van der Waals surface area contributed by atoms with Gasteiger partial charge in [-0.05, 0) is 38.5 Å². The highest BCUT2D eigenvalue weighted by Crippen LogP contribution is 2.46. The summed E-state index contributed by atoms with van der Waals surface area (Å²) in [7, 11) is 4.34. The summed E-state index contributed by atoms with van der Waals surface area (Å²) in [6, 6.07) is 17.4. The van der Waals surface area contributed by atoms with Crippen LogP contribution in [0, 0.1) is 0 Å². The Kier molecular flexibility index (Phi) is 4.85. The van der Waals surface area contributed by atoms with Gasteiger partial charge in [-0.3, -0.25) is 0 Å². The first-order chi connectivity index (χ1) is 14.2. The number of para-hydroxylation sites is 2. The van der Waals surface area contributed by atoms with Gasteiger partial charge in [0, 0.05) is 41.6 Å². The second kappa shape index (κ2) is 7.12. The molecule has 0 unspecified atom stereocenters. The standard InChI is InChI=1S/C28H33N2/c1-20(16-18-25-27(2,3)21-12-8-10-14-23(21)29(25)6)17-19-26-28(4,5)22-13-9-11-15-24(22)30(26)7/h8-19H,1-7H3/q+1. The molecule has 0 saturated heterocycles. The van der Waals surface area contributed by atoms with Crippen molar-refractivity contribution >= 4 is 17.1 Å². The third kappa shape index (κ3) is 3.06. The van der Waals surface area contributed by atoms with E-state index >= 15 is 0 Å². The van der Waals surface area contributed by atoms with E-state index in [1.807, 2.05) is 0 Å². The molecule has 0 radical (unpaired) electrons. The predicted molar refractivity (Wildman–Crippen MR) is 129 cm³/mol. The lowest BCUT2D eigenvalue weighted by atomic mass is 9.81. The number of rotatable bonds is 3. The van der Waals surface area contributed by atoms with E-state index in [9.17, 15) is 0 Å². The predicted octanol–water partition coefficient (Wildman–Crippen LogP) is 6.51. The second-order valence-corrected chi connectivity index (χ2v) is 9.58. The van der Waals surface area contributed by atoms with Crippen molar-refractivity contribution in [2.75, 3.05) is 19.0 Å². The van der Waals surface area contributed by atoms with Gasteiger partial charge in [0.25, 0.3) is 0 Å². The van der Waals surface area contributed by atoms with Crippen molar-refractivity contribution in [3.63, 3.8) is 0 Å². The van der Waals surface area contributed by atoms with Crippen molar-refractivity contribution in [2.24, 2.45) is 0 Å². The zero-order chi connectivity index (χ0) is 21.7. The summed E-state index contributed by atoms with van der Waals surface area (Å²) in [4.78, 5) is 2.32. The van der Waals surface area contributed by atoms with Crippen LogP contribution in [-0.2, 0) is 10.8 Å². The summed E-state index contributed by atoms with van der Waals surface area (Å²) in [5.74, 6) is 0. The van der Waals surface area contributed by atoms with Crippen LogP contribution in [0.4, 0.5) is 11.4 Å². The Bertz CT molecular complexity index is 1120. The second-order valence-electron chi connectivity index (χ2n) is 9.58. The largest absolute Gasteiger partial charge is 0.347 e. The summed E-state index contributed by atoms with van der Waals surface area (Å²) in [6.07, 6.45) is 9.04. The molecular formula is C28H33N2+. The Hall–Kier alpha value is -2.87. The maximum absolute atomic E-state index is 2.32. The van der Waals surface area contributed by atoms with E-state index in [0.29, 0.717) is 0 Å². The van der Waals surface area contributed by atoms with Crippen LogP contribution >= 0.6 is 0 Å². The first-order valence-electron chi connectivity index (χ1n) is 10.8. The van der Waals surface area contributed by atoms with E-state index in [2.05, 4.69) is 131 Å². The third-order valence-corrected chi connectivity index (χ3v) is 6.89. The van der Waals surface area contributed by atoms with Crippen molar-refractivity contribution in [3.05, 3.63) is 95.2 Å². The maximum Gasteiger partial charge on any atom is 0.209 e. The quantitative estimate of drug-likeness (QED) is 0.423. The summed E-state index contributed by atoms with van der Waals surface area (Å²) in [5.41, 5.74) is 9.31. The maximum atomic E-state index is 2.32. The fraction of sp³-hybridized carbons (Fsp3) is 0.321. The molecule has 2 aromatic rings. The topological polar surface area (TPSA) is 6.25 Å². The highest BCUT2D eigenvalue weighted by Gasteiger charge is 2.42. The lowest BCUT2D eigenvalue weighted by Gasteiger charge is -2.23. The summed E-state index contributed by atoms with van der Waals surface area (Å²) >= 11 is 0. The van der Waals surface area contributed by atoms with Gasteiger partial charge in [0.15, 0.2) is 5.71 Å². The van der Waals surface area contributed by atoms with Gasteiger partial charge in [-0.15, -0.1) is 0 Å². The molecule has 0 amide bonds. The number of hydrogen-bond donors (Lipinski definition) is 0. The minimum atomic E-state index is 0.00981. The molecule has 0 N–H and O–H groups in total. The van der Waals surface area contributed by atoms with Gasteiger partial charge in [-0.2, -0.15) is 4.58 Å². The minimum absolute atomic E-state index is 0.00981. The normalized spacial score (nSPS) is 21.0. The van der Waals surface area contributed by atoms with Gasteiger partial charge >= 0.3 is 0 Å². The average molecular weight is 398 g/mol. The molecule has 0 aromatic heterocycles. The van der Waals surface area contributed by atoms with Gasteiger partial charge in [-0.1, -0.05) is 68.0 Å². The minimum Gasteiger partial charge on any atom is -0.347 e. The van der Waals surface area contributed by atoms with Crippen LogP contribution in [0.3, 0.4) is 0 Å². The number of nitrogens with zero attached hydrogens (tertiary/aromatic N) is 2. The zero-order valence-corrected chi connectivity index (χ0v) is 19.3. The fourth-order valence-corrected chi connectivity index (χ4v) is 5.08. The number of benzene rings is 2. The summed E-state index contributed by atoms with van der Waals surface area (Å²) in [5, 5.41) is 0. The molecule has 0 spiro atoms. The molecule has 2 nitrogen and oxygen atoms in total. The van der Waals surface area contributed by atoms with Crippen LogP contribution in [0.1, 0.15) is 45.7 Å². The molecule has 0 fully saturated rings. The van der Waals surface area contributed by atoms with Gasteiger partial charge in [0.1, 0.15) is 7.05 Å². The Morgan fingerprint density at radius 1 is 0.900 bits per heavy atom. The van der Waals surface area contributed by atoms with Gasteiger partial charge in [-0.25, -0.2) is 0 Å². The van der Waals surface area contributed by atoms with E-state index in [0.717, 1.165) is 0 Å². The van der Waals surface area contributed by atoms with Crippen molar-refractivity contribution in [3.8, 4) is 0 Å². The molecule has 4 rings (SSSR count). The number of hydrogen-bond acceptors (Lipinski definition) is 1. The lowest BCUT2D eigenvalue weighted by Crippen LogP contribution is -2.26. The highest BCUT2D eigenvalue weighted by molar-refractivity contribution is 6.03. The molecule has 2 heterocycles. The molecule has 2 aromatic carbocycles. The van der Waals surface area contributed by atoms with Crippen molar-refractivity contribution in [1.29, 1.82) is 0 Å². The number of fused-ring (bicyclic) bond motifs is 2. The van der Waals surface area contributed by atoms with Crippen LogP contribution in [0.25, 0.3) is 0 Å². The van der Waals surface area contributed by atoms with E-state index in [4.69, 9.17) is 0 Å². The lowest BCUT2D eigenvalue weighted by molar-refractivity contribution is -0.401. The molecule has 0 saturated carbocycles. The Morgan fingerprint density at radius 2 is 1.53 bits per heavy atom. The van der Waals surface area contributed by atoms with E-state index < -0.39 is 0 Å². The third-order valence-electron chi connectivity index (χ3n) is 6.89. The monoisotopic (exact) mass is 397 g/mol.